The highest BCUT2D eigenvalue weighted by atomic mass is 16.4. The van der Waals surface area contributed by atoms with Crippen molar-refractivity contribution in [2.24, 2.45) is 0 Å². The van der Waals surface area contributed by atoms with Gasteiger partial charge in [-0.1, -0.05) is 18.2 Å². The van der Waals surface area contributed by atoms with Gasteiger partial charge in [-0.3, -0.25) is 4.79 Å². The maximum absolute atomic E-state index is 10.7. The molecular formula is C20H23N3O2. The zero-order valence-electron chi connectivity index (χ0n) is 14.5. The van der Waals surface area contributed by atoms with Crippen molar-refractivity contribution in [1.82, 2.24) is 4.40 Å². The molecular weight excluding hydrogens is 314 g/mol. The third-order valence-corrected chi connectivity index (χ3v) is 4.46. The number of rotatable bonds is 7. The molecule has 2 aromatic heterocycles. The van der Waals surface area contributed by atoms with E-state index in [1.165, 1.54) is 22.3 Å². The lowest BCUT2D eigenvalue weighted by molar-refractivity contribution is -0.136. The maximum atomic E-state index is 10.7. The Kier molecular flexibility index (Phi) is 4.93. The summed E-state index contributed by atoms with van der Waals surface area (Å²) in [5, 5.41) is 15.4. The van der Waals surface area contributed by atoms with Crippen LogP contribution in [0.5, 0.6) is 0 Å². The minimum absolute atomic E-state index is 0.0936. The number of aliphatic carboxylic acids is 1. The average molecular weight is 337 g/mol. The number of anilines is 2. The summed E-state index contributed by atoms with van der Waals surface area (Å²) >= 11 is 0. The van der Waals surface area contributed by atoms with Gasteiger partial charge in [0.15, 0.2) is 0 Å². The van der Waals surface area contributed by atoms with E-state index in [0.717, 1.165) is 11.4 Å². The number of aryl methyl sites for hydroxylation is 2. The molecule has 5 heteroatoms. The SMILES string of the molecule is Cc1cc2c(CNc3ccccc3NCCC(=O)O)cccn2c1C. The number of hydrogen-bond acceptors (Lipinski definition) is 3. The highest BCUT2D eigenvalue weighted by molar-refractivity contribution is 5.71. The summed E-state index contributed by atoms with van der Waals surface area (Å²) in [6, 6.07) is 14.3. The Labute approximate surface area is 147 Å². The van der Waals surface area contributed by atoms with Gasteiger partial charge in [-0.05, 0) is 49.2 Å². The van der Waals surface area contributed by atoms with Crippen LogP contribution in [0.3, 0.4) is 0 Å². The van der Waals surface area contributed by atoms with Crippen molar-refractivity contribution in [3.63, 3.8) is 0 Å². The summed E-state index contributed by atoms with van der Waals surface area (Å²) in [6.07, 6.45) is 2.18. The fourth-order valence-corrected chi connectivity index (χ4v) is 2.96. The van der Waals surface area contributed by atoms with Gasteiger partial charge >= 0.3 is 5.97 Å². The highest BCUT2D eigenvalue weighted by Gasteiger charge is 2.08. The lowest BCUT2D eigenvalue weighted by atomic mass is 10.2. The molecule has 2 heterocycles. The summed E-state index contributed by atoms with van der Waals surface area (Å²) in [6.45, 7) is 5.36. The zero-order chi connectivity index (χ0) is 17.8. The van der Waals surface area contributed by atoms with Gasteiger partial charge in [0.1, 0.15) is 0 Å². The second kappa shape index (κ2) is 7.30. The molecule has 3 rings (SSSR count). The van der Waals surface area contributed by atoms with E-state index in [2.05, 4.69) is 53.3 Å². The van der Waals surface area contributed by atoms with Crippen LogP contribution in [-0.4, -0.2) is 22.0 Å². The van der Waals surface area contributed by atoms with Crippen molar-refractivity contribution in [1.29, 1.82) is 0 Å². The molecule has 0 amide bonds. The predicted octanol–water partition coefficient (Wildman–Crippen LogP) is 4.05. The minimum atomic E-state index is -0.802. The van der Waals surface area contributed by atoms with Crippen molar-refractivity contribution in [3.8, 4) is 0 Å². The Morgan fingerprint density at radius 3 is 2.52 bits per heavy atom. The maximum Gasteiger partial charge on any atom is 0.305 e. The van der Waals surface area contributed by atoms with Gasteiger partial charge in [-0.2, -0.15) is 0 Å². The van der Waals surface area contributed by atoms with Crippen LogP contribution in [0.1, 0.15) is 23.2 Å². The third-order valence-electron chi connectivity index (χ3n) is 4.46. The van der Waals surface area contributed by atoms with Crippen LogP contribution >= 0.6 is 0 Å². The van der Waals surface area contributed by atoms with Crippen LogP contribution in [0, 0.1) is 13.8 Å². The first-order valence-corrected chi connectivity index (χ1v) is 8.41. The number of hydrogen-bond donors (Lipinski definition) is 3. The molecule has 1 aromatic carbocycles. The Hall–Kier alpha value is -2.95. The third kappa shape index (κ3) is 3.76. The number of fused-ring (bicyclic) bond motifs is 1. The molecule has 0 spiro atoms. The van der Waals surface area contributed by atoms with Gasteiger partial charge < -0.3 is 20.1 Å². The first-order chi connectivity index (χ1) is 12.1. The predicted molar refractivity (Wildman–Crippen MR) is 101 cm³/mol. The van der Waals surface area contributed by atoms with Gasteiger partial charge in [0.25, 0.3) is 0 Å². The van der Waals surface area contributed by atoms with E-state index >= 15 is 0 Å². The van der Waals surface area contributed by atoms with Crippen molar-refractivity contribution in [2.75, 3.05) is 17.2 Å². The monoisotopic (exact) mass is 337 g/mol. The Morgan fingerprint density at radius 1 is 1.08 bits per heavy atom. The summed E-state index contributed by atoms with van der Waals surface area (Å²) in [5.74, 6) is -0.802. The number of carboxylic acid groups (broad SMARTS) is 1. The number of nitrogens with zero attached hydrogens (tertiary/aromatic N) is 1. The second-order valence-electron chi connectivity index (χ2n) is 6.17. The lowest BCUT2D eigenvalue weighted by Gasteiger charge is -2.14. The molecule has 25 heavy (non-hydrogen) atoms. The van der Waals surface area contributed by atoms with E-state index in [1.807, 2.05) is 24.3 Å². The van der Waals surface area contributed by atoms with E-state index in [0.29, 0.717) is 13.1 Å². The number of para-hydroxylation sites is 2. The molecule has 5 nitrogen and oxygen atoms in total. The first-order valence-electron chi connectivity index (χ1n) is 8.41. The number of pyridine rings is 1. The standard InChI is InChI=1S/C20H23N3O2/c1-14-12-19-16(6-5-11-23(19)15(14)2)13-22-18-8-4-3-7-17(18)21-10-9-20(24)25/h3-8,11-12,21-22H,9-10,13H2,1-2H3,(H,24,25). The van der Waals surface area contributed by atoms with Gasteiger partial charge in [-0.15, -0.1) is 0 Å². The molecule has 0 saturated heterocycles. The molecule has 3 N–H and O–H groups in total. The second-order valence-corrected chi connectivity index (χ2v) is 6.17. The summed E-state index contributed by atoms with van der Waals surface area (Å²) in [7, 11) is 0. The normalized spacial score (nSPS) is 10.8. The van der Waals surface area contributed by atoms with Crippen LogP contribution in [0.4, 0.5) is 11.4 Å². The van der Waals surface area contributed by atoms with Gasteiger partial charge in [0.2, 0.25) is 0 Å². The largest absolute Gasteiger partial charge is 0.481 e. The van der Waals surface area contributed by atoms with Crippen molar-refractivity contribution in [2.45, 2.75) is 26.8 Å². The average Bonchev–Trinajstić information content (AvgIpc) is 2.89. The number of carboxylic acids is 1. The minimum Gasteiger partial charge on any atom is -0.481 e. The molecule has 0 fully saturated rings. The smallest absolute Gasteiger partial charge is 0.305 e. The molecule has 0 atom stereocenters. The Bertz CT molecular complexity index is 899. The Morgan fingerprint density at radius 2 is 1.80 bits per heavy atom. The molecule has 0 radical (unpaired) electrons. The van der Waals surface area contributed by atoms with E-state index in [4.69, 9.17) is 5.11 Å². The van der Waals surface area contributed by atoms with Crippen LogP contribution in [0.2, 0.25) is 0 Å². The van der Waals surface area contributed by atoms with Crippen molar-refractivity contribution < 1.29 is 9.90 Å². The highest BCUT2D eigenvalue weighted by Crippen LogP contribution is 2.24. The first kappa shape index (κ1) is 16.9. The summed E-state index contributed by atoms with van der Waals surface area (Å²) < 4.78 is 2.21. The number of benzene rings is 1. The molecule has 0 saturated carbocycles. The summed E-state index contributed by atoms with van der Waals surface area (Å²) in [5.41, 5.74) is 6.85. The molecule has 3 aromatic rings. The molecule has 0 bridgehead atoms. The molecule has 0 unspecified atom stereocenters. The van der Waals surface area contributed by atoms with Crippen LogP contribution in [0.15, 0.2) is 48.7 Å². The van der Waals surface area contributed by atoms with E-state index in [1.54, 1.807) is 0 Å². The van der Waals surface area contributed by atoms with Crippen molar-refractivity contribution >= 4 is 22.9 Å². The lowest BCUT2D eigenvalue weighted by Crippen LogP contribution is -2.10. The number of carbonyl (C=O) groups is 1. The fraction of sp³-hybridized carbons (Fsp3) is 0.250. The zero-order valence-corrected chi connectivity index (χ0v) is 14.5. The summed E-state index contributed by atoms with van der Waals surface area (Å²) in [4.78, 5) is 10.7. The van der Waals surface area contributed by atoms with E-state index < -0.39 is 5.97 Å². The quantitative estimate of drug-likeness (QED) is 0.608. The molecule has 130 valence electrons. The van der Waals surface area contributed by atoms with Gasteiger partial charge in [0, 0.05) is 25.0 Å². The number of aromatic nitrogens is 1. The van der Waals surface area contributed by atoms with E-state index in [-0.39, 0.29) is 6.42 Å². The van der Waals surface area contributed by atoms with Crippen LogP contribution in [0.25, 0.3) is 5.52 Å². The Balaban J connectivity index is 1.76. The topological polar surface area (TPSA) is 65.8 Å². The van der Waals surface area contributed by atoms with Crippen LogP contribution < -0.4 is 10.6 Å². The fourth-order valence-electron chi connectivity index (χ4n) is 2.96. The van der Waals surface area contributed by atoms with Gasteiger partial charge in [-0.25, -0.2) is 0 Å². The van der Waals surface area contributed by atoms with Gasteiger partial charge in [0.05, 0.1) is 23.3 Å². The number of nitrogens with one attached hydrogen (secondary N) is 2. The van der Waals surface area contributed by atoms with E-state index in [9.17, 15) is 4.79 Å². The molecule has 0 aliphatic rings. The molecule has 0 aliphatic heterocycles. The molecule has 0 aliphatic carbocycles. The van der Waals surface area contributed by atoms with Crippen LogP contribution in [-0.2, 0) is 11.3 Å². The van der Waals surface area contributed by atoms with Crippen molar-refractivity contribution in [3.05, 3.63) is 65.5 Å².